The fourth-order valence-electron chi connectivity index (χ4n) is 1.71. The van der Waals surface area contributed by atoms with Crippen LogP contribution in [0.5, 0.6) is 0 Å². The van der Waals surface area contributed by atoms with Crippen molar-refractivity contribution in [2.24, 2.45) is 0 Å². The van der Waals surface area contributed by atoms with Crippen molar-refractivity contribution >= 4 is 23.3 Å². The minimum Gasteiger partial charge on any atom is -0.469 e. The fraction of sp³-hybridized carbons (Fsp3) is 0.214. The Balaban J connectivity index is 1.82. The minimum absolute atomic E-state index is 0.0153. The molecule has 0 saturated heterocycles. The molecule has 0 bridgehead atoms. The normalized spacial score (nSPS) is 11.9. The molecule has 2 amide bonds. The van der Waals surface area contributed by atoms with E-state index in [9.17, 15) is 4.79 Å². The molecule has 1 unspecified atom stereocenters. The Kier molecular flexibility index (Phi) is 4.47. The van der Waals surface area contributed by atoms with Crippen LogP contribution in [-0.4, -0.2) is 12.1 Å². The molecule has 0 aliphatic rings. The molecule has 0 spiro atoms. The third kappa shape index (κ3) is 4.34. The number of benzene rings is 1. The lowest BCUT2D eigenvalue weighted by atomic mass is 10.2. The molecule has 0 saturated carbocycles. The molecule has 2 N–H and O–H groups in total. The standard InChI is InChI=1S/C14H15ClN2O2/c1-10(9-13-3-2-8-19-13)16-14(18)17-12-6-4-11(15)5-7-12/h2-8,10H,9H2,1H3,(H2,16,17,18). The maximum Gasteiger partial charge on any atom is 0.319 e. The quantitative estimate of drug-likeness (QED) is 0.896. The Bertz CT molecular complexity index is 523. The number of halogens is 1. The van der Waals surface area contributed by atoms with Gasteiger partial charge >= 0.3 is 6.03 Å². The van der Waals surface area contributed by atoms with Crippen molar-refractivity contribution in [1.29, 1.82) is 0 Å². The number of carbonyl (C=O) groups excluding carboxylic acids is 1. The number of amides is 2. The molecule has 2 aromatic rings. The van der Waals surface area contributed by atoms with Gasteiger partial charge in [0.1, 0.15) is 5.76 Å². The van der Waals surface area contributed by atoms with Crippen LogP contribution < -0.4 is 10.6 Å². The second-order valence-corrected chi connectivity index (χ2v) is 4.73. The predicted molar refractivity (Wildman–Crippen MR) is 75.5 cm³/mol. The topological polar surface area (TPSA) is 54.3 Å². The van der Waals surface area contributed by atoms with E-state index in [0.29, 0.717) is 17.1 Å². The van der Waals surface area contributed by atoms with Crippen molar-refractivity contribution in [2.45, 2.75) is 19.4 Å². The van der Waals surface area contributed by atoms with Crippen LogP contribution >= 0.6 is 11.6 Å². The summed E-state index contributed by atoms with van der Waals surface area (Å²) < 4.78 is 5.23. The molecule has 1 aromatic heterocycles. The van der Waals surface area contributed by atoms with E-state index in [0.717, 1.165) is 5.76 Å². The SMILES string of the molecule is CC(Cc1ccco1)NC(=O)Nc1ccc(Cl)cc1. The van der Waals surface area contributed by atoms with Crippen LogP contribution in [0, 0.1) is 0 Å². The summed E-state index contributed by atoms with van der Waals surface area (Å²) in [6, 6.07) is 10.4. The summed E-state index contributed by atoms with van der Waals surface area (Å²) >= 11 is 5.77. The number of urea groups is 1. The molecule has 4 nitrogen and oxygen atoms in total. The first-order valence-corrected chi connectivity index (χ1v) is 6.37. The van der Waals surface area contributed by atoms with Crippen molar-refractivity contribution in [3.05, 3.63) is 53.4 Å². The molecule has 0 fully saturated rings. The van der Waals surface area contributed by atoms with Crippen molar-refractivity contribution < 1.29 is 9.21 Å². The van der Waals surface area contributed by atoms with Crippen LogP contribution in [-0.2, 0) is 6.42 Å². The van der Waals surface area contributed by atoms with E-state index >= 15 is 0 Å². The van der Waals surface area contributed by atoms with Gasteiger partial charge in [0.05, 0.1) is 6.26 Å². The smallest absolute Gasteiger partial charge is 0.319 e. The fourth-order valence-corrected chi connectivity index (χ4v) is 1.83. The Hall–Kier alpha value is -1.94. The Labute approximate surface area is 116 Å². The van der Waals surface area contributed by atoms with Gasteiger partial charge in [-0.1, -0.05) is 11.6 Å². The highest BCUT2D eigenvalue weighted by Crippen LogP contribution is 2.13. The summed E-state index contributed by atoms with van der Waals surface area (Å²) in [6.45, 7) is 1.92. The molecule has 19 heavy (non-hydrogen) atoms. The highest BCUT2D eigenvalue weighted by Gasteiger charge is 2.09. The van der Waals surface area contributed by atoms with E-state index < -0.39 is 0 Å². The lowest BCUT2D eigenvalue weighted by Crippen LogP contribution is -2.37. The number of carbonyl (C=O) groups is 1. The summed E-state index contributed by atoms with van der Waals surface area (Å²) in [5.74, 6) is 0.847. The second kappa shape index (κ2) is 6.29. The Morgan fingerprint density at radius 2 is 2.05 bits per heavy atom. The molecule has 5 heteroatoms. The van der Waals surface area contributed by atoms with E-state index in [1.165, 1.54) is 0 Å². The molecule has 0 aliphatic carbocycles. The molecule has 1 atom stereocenters. The van der Waals surface area contributed by atoms with Crippen molar-refractivity contribution in [1.82, 2.24) is 5.32 Å². The average Bonchev–Trinajstić information content (AvgIpc) is 2.84. The van der Waals surface area contributed by atoms with Crippen molar-refractivity contribution in [3.63, 3.8) is 0 Å². The monoisotopic (exact) mass is 278 g/mol. The van der Waals surface area contributed by atoms with E-state index in [1.54, 1.807) is 30.5 Å². The minimum atomic E-state index is -0.249. The van der Waals surface area contributed by atoms with Gasteiger partial charge in [-0.15, -0.1) is 0 Å². The molecular formula is C14H15ClN2O2. The van der Waals surface area contributed by atoms with E-state index in [2.05, 4.69) is 10.6 Å². The van der Waals surface area contributed by atoms with E-state index in [1.807, 2.05) is 19.1 Å². The van der Waals surface area contributed by atoms with E-state index in [4.69, 9.17) is 16.0 Å². The third-order valence-electron chi connectivity index (χ3n) is 2.57. The zero-order chi connectivity index (χ0) is 13.7. The summed E-state index contributed by atoms with van der Waals surface area (Å²) in [6.07, 6.45) is 2.27. The molecule has 1 aromatic carbocycles. The molecule has 100 valence electrons. The van der Waals surface area contributed by atoms with Gasteiger partial charge in [0.15, 0.2) is 0 Å². The number of rotatable bonds is 4. The third-order valence-corrected chi connectivity index (χ3v) is 2.82. The number of nitrogens with one attached hydrogen (secondary N) is 2. The number of hydrogen-bond acceptors (Lipinski definition) is 2. The highest BCUT2D eigenvalue weighted by molar-refractivity contribution is 6.30. The average molecular weight is 279 g/mol. The van der Waals surface area contributed by atoms with Gasteiger partial charge < -0.3 is 15.1 Å². The Morgan fingerprint density at radius 1 is 1.32 bits per heavy atom. The molecule has 1 heterocycles. The van der Waals surface area contributed by atoms with Crippen LogP contribution in [0.4, 0.5) is 10.5 Å². The van der Waals surface area contributed by atoms with Crippen LogP contribution in [0.2, 0.25) is 5.02 Å². The van der Waals surface area contributed by atoms with Gasteiger partial charge in [0.2, 0.25) is 0 Å². The van der Waals surface area contributed by atoms with Crippen LogP contribution in [0.3, 0.4) is 0 Å². The van der Waals surface area contributed by atoms with Gasteiger partial charge in [-0.3, -0.25) is 0 Å². The first kappa shape index (κ1) is 13.5. The summed E-state index contributed by atoms with van der Waals surface area (Å²) in [5.41, 5.74) is 0.701. The largest absolute Gasteiger partial charge is 0.469 e. The van der Waals surface area contributed by atoms with Crippen molar-refractivity contribution in [3.8, 4) is 0 Å². The lowest BCUT2D eigenvalue weighted by molar-refractivity contribution is 0.248. The first-order valence-electron chi connectivity index (χ1n) is 5.99. The molecular weight excluding hydrogens is 264 g/mol. The summed E-state index contributed by atoms with van der Waals surface area (Å²) in [5, 5.41) is 6.21. The predicted octanol–water partition coefficient (Wildman–Crippen LogP) is 3.69. The molecule has 2 rings (SSSR count). The number of hydrogen-bond donors (Lipinski definition) is 2. The maximum atomic E-state index is 11.8. The zero-order valence-electron chi connectivity index (χ0n) is 10.5. The Morgan fingerprint density at radius 3 is 2.68 bits per heavy atom. The zero-order valence-corrected chi connectivity index (χ0v) is 11.3. The van der Waals surface area contributed by atoms with Crippen LogP contribution in [0.1, 0.15) is 12.7 Å². The second-order valence-electron chi connectivity index (χ2n) is 4.29. The molecule has 0 radical (unpaired) electrons. The van der Waals surface area contributed by atoms with Crippen LogP contribution in [0.25, 0.3) is 0 Å². The summed E-state index contributed by atoms with van der Waals surface area (Å²) in [7, 11) is 0. The number of anilines is 1. The maximum absolute atomic E-state index is 11.8. The molecule has 0 aliphatic heterocycles. The van der Waals surface area contributed by atoms with Gasteiger partial charge in [0.25, 0.3) is 0 Å². The van der Waals surface area contributed by atoms with Gasteiger partial charge in [-0.05, 0) is 43.3 Å². The van der Waals surface area contributed by atoms with Crippen molar-refractivity contribution in [2.75, 3.05) is 5.32 Å². The summed E-state index contributed by atoms with van der Waals surface area (Å²) in [4.78, 5) is 11.8. The number of furan rings is 1. The van der Waals surface area contributed by atoms with Gasteiger partial charge in [-0.2, -0.15) is 0 Å². The lowest BCUT2D eigenvalue weighted by Gasteiger charge is -2.13. The van der Waals surface area contributed by atoms with Gasteiger partial charge in [0, 0.05) is 23.2 Å². The highest BCUT2D eigenvalue weighted by atomic mass is 35.5. The van der Waals surface area contributed by atoms with E-state index in [-0.39, 0.29) is 12.1 Å². The van der Waals surface area contributed by atoms with Crippen LogP contribution in [0.15, 0.2) is 47.1 Å². The van der Waals surface area contributed by atoms with Gasteiger partial charge in [-0.25, -0.2) is 4.79 Å². The first-order chi connectivity index (χ1) is 9.13.